The number of carbonyl (C=O) groups excluding carboxylic acids is 1. The van der Waals surface area contributed by atoms with Gasteiger partial charge in [-0.3, -0.25) is 14.4 Å². The summed E-state index contributed by atoms with van der Waals surface area (Å²) in [7, 11) is 3.69. The Labute approximate surface area is 122 Å². The number of benzene rings is 1. The summed E-state index contributed by atoms with van der Waals surface area (Å²) < 4.78 is 15.3. The Bertz CT molecular complexity index is 667. The second-order valence-corrected chi connectivity index (χ2v) is 5.21. The molecule has 1 N–H and O–H groups in total. The van der Waals surface area contributed by atoms with Crippen molar-refractivity contribution in [1.29, 1.82) is 0 Å². The van der Waals surface area contributed by atoms with Crippen LogP contribution in [0.1, 0.15) is 28.4 Å². The lowest BCUT2D eigenvalue weighted by molar-refractivity contribution is 0.101. The number of rotatable bonds is 5. The van der Waals surface area contributed by atoms with Crippen LogP contribution in [0.25, 0.3) is 0 Å². The standard InChI is InChI=1S/C15H18FN3O2/c1-10(20)14-5-13(16)4-12(15(14)21)9-18(2)7-11-6-17-19(3)8-11/h4-6,8,21H,7,9H2,1-3H3. The topological polar surface area (TPSA) is 58.4 Å². The van der Waals surface area contributed by atoms with Crippen LogP contribution in [0.2, 0.25) is 0 Å². The lowest BCUT2D eigenvalue weighted by Gasteiger charge is -2.17. The minimum atomic E-state index is -0.525. The molecule has 6 heteroatoms. The first-order chi connectivity index (χ1) is 9.86. The van der Waals surface area contributed by atoms with Gasteiger partial charge in [-0.25, -0.2) is 4.39 Å². The maximum atomic E-state index is 13.6. The summed E-state index contributed by atoms with van der Waals surface area (Å²) in [6, 6.07) is 2.31. The number of carbonyl (C=O) groups is 1. The van der Waals surface area contributed by atoms with Crippen molar-refractivity contribution in [2.45, 2.75) is 20.0 Å². The number of aromatic hydroxyl groups is 1. The molecule has 0 bridgehead atoms. The molecule has 1 heterocycles. The SMILES string of the molecule is CC(=O)c1cc(F)cc(CN(C)Cc2cnn(C)c2)c1O. The molecule has 1 aromatic carbocycles. The molecule has 2 aromatic rings. The maximum absolute atomic E-state index is 13.6. The van der Waals surface area contributed by atoms with Gasteiger partial charge in [-0.2, -0.15) is 5.10 Å². The van der Waals surface area contributed by atoms with Crippen molar-refractivity contribution in [2.24, 2.45) is 7.05 Å². The van der Waals surface area contributed by atoms with Crippen LogP contribution in [0.15, 0.2) is 24.5 Å². The monoisotopic (exact) mass is 291 g/mol. The summed E-state index contributed by atoms with van der Waals surface area (Å²) >= 11 is 0. The molecule has 0 aliphatic heterocycles. The fraction of sp³-hybridized carbons (Fsp3) is 0.333. The molecule has 1 aromatic heterocycles. The second-order valence-electron chi connectivity index (χ2n) is 5.21. The van der Waals surface area contributed by atoms with E-state index in [4.69, 9.17) is 0 Å². The zero-order chi connectivity index (χ0) is 15.6. The molecule has 0 fully saturated rings. The highest BCUT2D eigenvalue weighted by molar-refractivity contribution is 5.97. The number of ketones is 1. The summed E-state index contributed by atoms with van der Waals surface area (Å²) in [6.45, 7) is 2.25. The van der Waals surface area contributed by atoms with E-state index in [0.717, 1.165) is 11.6 Å². The Morgan fingerprint density at radius 1 is 1.43 bits per heavy atom. The first-order valence-corrected chi connectivity index (χ1v) is 6.55. The van der Waals surface area contributed by atoms with E-state index in [-0.39, 0.29) is 17.1 Å². The number of nitrogens with zero attached hydrogens (tertiary/aromatic N) is 3. The van der Waals surface area contributed by atoms with E-state index in [0.29, 0.717) is 18.7 Å². The van der Waals surface area contributed by atoms with Crippen LogP contribution in [0.5, 0.6) is 5.75 Å². The number of hydrogen-bond donors (Lipinski definition) is 1. The van der Waals surface area contributed by atoms with Gasteiger partial charge in [-0.15, -0.1) is 0 Å². The highest BCUT2D eigenvalue weighted by atomic mass is 19.1. The molecule has 5 nitrogen and oxygen atoms in total. The number of Topliss-reactive ketones (excluding diaryl/α,β-unsaturated/α-hetero) is 1. The van der Waals surface area contributed by atoms with Crippen molar-refractivity contribution < 1.29 is 14.3 Å². The highest BCUT2D eigenvalue weighted by Crippen LogP contribution is 2.26. The van der Waals surface area contributed by atoms with Gasteiger partial charge in [0.1, 0.15) is 11.6 Å². The molecule has 0 saturated carbocycles. The van der Waals surface area contributed by atoms with Crippen LogP contribution in [0.3, 0.4) is 0 Å². The Morgan fingerprint density at radius 2 is 2.14 bits per heavy atom. The molecular weight excluding hydrogens is 273 g/mol. The van der Waals surface area contributed by atoms with Gasteiger partial charge in [0.2, 0.25) is 0 Å². The average molecular weight is 291 g/mol. The van der Waals surface area contributed by atoms with Gasteiger partial charge < -0.3 is 5.11 Å². The minimum absolute atomic E-state index is 0.0137. The molecule has 2 rings (SSSR count). The largest absolute Gasteiger partial charge is 0.507 e. The van der Waals surface area contributed by atoms with Crippen LogP contribution in [0, 0.1) is 5.82 Å². The lowest BCUT2D eigenvalue weighted by Crippen LogP contribution is -2.17. The van der Waals surface area contributed by atoms with Crippen LogP contribution >= 0.6 is 0 Å². The molecule has 112 valence electrons. The number of phenolic OH excluding ortho intramolecular Hbond substituents is 1. The molecular formula is C15H18FN3O2. The number of halogens is 1. The van der Waals surface area contributed by atoms with Gasteiger partial charge in [0.25, 0.3) is 0 Å². The third-order valence-electron chi connectivity index (χ3n) is 3.18. The molecule has 21 heavy (non-hydrogen) atoms. The van der Waals surface area contributed by atoms with Crippen molar-refractivity contribution in [2.75, 3.05) is 7.05 Å². The normalized spacial score (nSPS) is 11.1. The van der Waals surface area contributed by atoms with Crippen molar-refractivity contribution in [3.05, 3.63) is 47.0 Å². The molecule has 0 saturated heterocycles. The molecule has 0 aliphatic rings. The quantitative estimate of drug-likeness (QED) is 0.857. The predicted octanol–water partition coefficient (Wildman–Crippen LogP) is 2.10. The van der Waals surface area contributed by atoms with Crippen molar-refractivity contribution in [3.8, 4) is 5.75 Å². The highest BCUT2D eigenvalue weighted by Gasteiger charge is 2.15. The van der Waals surface area contributed by atoms with Crippen LogP contribution < -0.4 is 0 Å². The minimum Gasteiger partial charge on any atom is -0.507 e. The molecule has 0 radical (unpaired) electrons. The van der Waals surface area contributed by atoms with E-state index in [1.807, 2.05) is 25.2 Å². The molecule has 0 aliphatic carbocycles. The van der Waals surface area contributed by atoms with E-state index in [9.17, 15) is 14.3 Å². The smallest absolute Gasteiger partial charge is 0.163 e. The summed E-state index contributed by atoms with van der Waals surface area (Å²) in [5.74, 6) is -1.03. The third-order valence-corrected chi connectivity index (χ3v) is 3.18. The van der Waals surface area contributed by atoms with Gasteiger partial charge >= 0.3 is 0 Å². The summed E-state index contributed by atoms with van der Waals surface area (Å²) in [5, 5.41) is 14.2. The molecule has 0 spiro atoms. The molecule has 0 amide bonds. The van der Waals surface area contributed by atoms with Crippen LogP contribution in [0.4, 0.5) is 4.39 Å². The fourth-order valence-electron chi connectivity index (χ4n) is 2.26. The van der Waals surface area contributed by atoms with Crippen molar-refractivity contribution in [3.63, 3.8) is 0 Å². The predicted molar refractivity (Wildman–Crippen MR) is 76.4 cm³/mol. The zero-order valence-electron chi connectivity index (χ0n) is 12.3. The lowest BCUT2D eigenvalue weighted by atomic mass is 10.0. The van der Waals surface area contributed by atoms with Crippen LogP contribution in [-0.4, -0.2) is 32.6 Å². The summed E-state index contributed by atoms with van der Waals surface area (Å²) in [5.41, 5.74) is 1.43. The first-order valence-electron chi connectivity index (χ1n) is 6.55. The average Bonchev–Trinajstić information content (AvgIpc) is 2.78. The van der Waals surface area contributed by atoms with Gasteiger partial charge in [-0.1, -0.05) is 0 Å². The van der Waals surface area contributed by atoms with E-state index in [2.05, 4.69) is 5.10 Å². The Balaban J connectivity index is 2.17. The number of aryl methyl sites for hydroxylation is 1. The second kappa shape index (κ2) is 6.05. The van der Waals surface area contributed by atoms with E-state index >= 15 is 0 Å². The van der Waals surface area contributed by atoms with Gasteiger partial charge in [0.05, 0.1) is 11.8 Å². The van der Waals surface area contributed by atoms with Crippen molar-refractivity contribution in [1.82, 2.24) is 14.7 Å². The number of aromatic nitrogens is 2. The third kappa shape index (κ3) is 3.66. The van der Waals surface area contributed by atoms with Gasteiger partial charge in [-0.05, 0) is 26.1 Å². The van der Waals surface area contributed by atoms with E-state index in [1.165, 1.54) is 13.0 Å². The van der Waals surface area contributed by atoms with Crippen molar-refractivity contribution >= 4 is 5.78 Å². The zero-order valence-corrected chi connectivity index (χ0v) is 12.3. The fourth-order valence-corrected chi connectivity index (χ4v) is 2.26. The van der Waals surface area contributed by atoms with Gasteiger partial charge in [0, 0.05) is 37.5 Å². The first kappa shape index (κ1) is 15.2. The van der Waals surface area contributed by atoms with E-state index in [1.54, 1.807) is 10.9 Å². The Kier molecular flexibility index (Phi) is 4.37. The van der Waals surface area contributed by atoms with Gasteiger partial charge in [0.15, 0.2) is 5.78 Å². The Hall–Kier alpha value is -2.21. The Morgan fingerprint density at radius 3 is 2.71 bits per heavy atom. The molecule has 0 atom stereocenters. The maximum Gasteiger partial charge on any atom is 0.163 e. The summed E-state index contributed by atoms with van der Waals surface area (Å²) in [4.78, 5) is 13.3. The number of phenols is 1. The number of hydrogen-bond acceptors (Lipinski definition) is 4. The summed E-state index contributed by atoms with van der Waals surface area (Å²) in [6.07, 6.45) is 3.64. The molecule has 0 unspecified atom stereocenters. The van der Waals surface area contributed by atoms with Crippen LogP contribution in [-0.2, 0) is 20.1 Å². The van der Waals surface area contributed by atoms with E-state index < -0.39 is 5.82 Å².